The fourth-order valence-corrected chi connectivity index (χ4v) is 5.30. The Morgan fingerprint density at radius 1 is 1.40 bits per heavy atom. The second-order valence-corrected chi connectivity index (χ2v) is 7.77. The maximum Gasteiger partial charge on any atom is 0.310 e. The van der Waals surface area contributed by atoms with Gasteiger partial charge in [-0.3, -0.25) is 9.59 Å². The van der Waals surface area contributed by atoms with Gasteiger partial charge in [-0.2, -0.15) is 0 Å². The number of esters is 1. The van der Waals surface area contributed by atoms with Gasteiger partial charge in [0.2, 0.25) is 0 Å². The van der Waals surface area contributed by atoms with Gasteiger partial charge in [0.25, 0.3) is 0 Å². The molecule has 1 aliphatic carbocycles. The summed E-state index contributed by atoms with van der Waals surface area (Å²) in [5, 5.41) is 0. The number of carbonyl (C=O) groups is 2. The van der Waals surface area contributed by atoms with Crippen molar-refractivity contribution in [3.63, 3.8) is 0 Å². The van der Waals surface area contributed by atoms with E-state index in [1.54, 1.807) is 20.8 Å². The molecule has 0 heterocycles. The highest BCUT2D eigenvalue weighted by molar-refractivity contribution is 7.97. The zero-order valence-corrected chi connectivity index (χ0v) is 13.5. The molecule has 20 heavy (non-hydrogen) atoms. The van der Waals surface area contributed by atoms with Crippen LogP contribution in [-0.2, 0) is 24.2 Å². The molecule has 5 nitrogen and oxygen atoms in total. The molecule has 0 amide bonds. The third-order valence-electron chi connectivity index (χ3n) is 4.13. The third kappa shape index (κ3) is 2.30. The summed E-state index contributed by atoms with van der Waals surface area (Å²) < 4.78 is 28.7. The van der Waals surface area contributed by atoms with Crippen LogP contribution >= 0.6 is 0 Å². The van der Waals surface area contributed by atoms with E-state index in [2.05, 4.69) is 4.74 Å². The third-order valence-corrected chi connectivity index (χ3v) is 7.10. The minimum Gasteiger partial charge on any atom is -0.469 e. The van der Waals surface area contributed by atoms with Crippen LogP contribution in [0.25, 0.3) is 0 Å². The first-order valence-corrected chi connectivity index (χ1v) is 8.15. The molecule has 2 unspecified atom stereocenters. The zero-order valence-electron chi connectivity index (χ0n) is 12.6. The number of hydrogen-bond acceptors (Lipinski definition) is 5. The molecule has 114 valence electrons. The first kappa shape index (κ1) is 16.9. The quantitative estimate of drug-likeness (QED) is 0.742. The Kier molecular flexibility index (Phi) is 4.79. The number of carbonyl (C=O) groups excluding carboxylic acids is 2. The molecule has 0 aliphatic heterocycles. The zero-order chi connectivity index (χ0) is 15.7. The molecule has 0 N–H and O–H groups in total. The molecule has 0 radical (unpaired) electrons. The summed E-state index contributed by atoms with van der Waals surface area (Å²) in [5.41, 5.74) is 0.650. The molecule has 0 aromatic heterocycles. The van der Waals surface area contributed by atoms with Crippen molar-refractivity contribution in [2.75, 3.05) is 7.11 Å². The number of hydrogen-bond donors (Lipinski definition) is 0. The van der Waals surface area contributed by atoms with Crippen LogP contribution in [0.3, 0.4) is 0 Å². The second-order valence-electron chi connectivity index (χ2n) is 5.42. The van der Waals surface area contributed by atoms with Crippen LogP contribution in [0.1, 0.15) is 47.0 Å². The number of ketones is 1. The maximum absolute atomic E-state index is 12.9. The Labute approximate surface area is 120 Å². The SMILES string of the molecule is CCC(=C(C)C)S(=O)(=O)C1(C)C(=O)CCC1C(=O)OC. The van der Waals surface area contributed by atoms with E-state index in [1.807, 2.05) is 0 Å². The lowest BCUT2D eigenvalue weighted by molar-refractivity contribution is -0.146. The highest BCUT2D eigenvalue weighted by Crippen LogP contribution is 2.43. The predicted molar refractivity (Wildman–Crippen MR) is 75.7 cm³/mol. The van der Waals surface area contributed by atoms with Crippen LogP contribution in [0, 0.1) is 5.92 Å². The standard InChI is InChI=1S/C14H22O5S/c1-6-11(9(2)3)20(17,18)14(4)10(13(16)19-5)7-8-12(14)15/h10H,6-8H2,1-5H3. The highest BCUT2D eigenvalue weighted by Gasteiger charge is 2.59. The molecule has 1 rings (SSSR count). The van der Waals surface area contributed by atoms with Crippen LogP contribution in [0.2, 0.25) is 0 Å². The number of methoxy groups -OCH3 is 1. The maximum atomic E-state index is 12.9. The van der Waals surface area contributed by atoms with Crippen LogP contribution in [0.5, 0.6) is 0 Å². The van der Waals surface area contributed by atoms with E-state index in [-0.39, 0.29) is 17.7 Å². The Hall–Kier alpha value is -1.17. The molecule has 6 heteroatoms. The van der Waals surface area contributed by atoms with E-state index in [0.717, 1.165) is 0 Å². The van der Waals surface area contributed by atoms with Crippen molar-refractivity contribution in [1.29, 1.82) is 0 Å². The Morgan fingerprint density at radius 2 is 1.95 bits per heavy atom. The van der Waals surface area contributed by atoms with Gasteiger partial charge in [-0.1, -0.05) is 12.5 Å². The normalized spacial score (nSPS) is 26.4. The summed E-state index contributed by atoms with van der Waals surface area (Å²) >= 11 is 0. The molecule has 0 bridgehead atoms. The van der Waals surface area contributed by atoms with E-state index < -0.39 is 32.3 Å². The number of rotatable bonds is 4. The van der Waals surface area contributed by atoms with Gasteiger partial charge in [0.05, 0.1) is 13.0 Å². The minimum absolute atomic E-state index is 0.0925. The lowest BCUT2D eigenvalue weighted by Gasteiger charge is -2.29. The van der Waals surface area contributed by atoms with Gasteiger partial charge in [0.15, 0.2) is 15.6 Å². The Morgan fingerprint density at radius 3 is 2.35 bits per heavy atom. The molecular formula is C14H22O5S. The number of ether oxygens (including phenoxy) is 1. The van der Waals surface area contributed by atoms with Gasteiger partial charge in [-0.05, 0) is 33.6 Å². The van der Waals surface area contributed by atoms with Gasteiger partial charge in [-0.25, -0.2) is 8.42 Å². The van der Waals surface area contributed by atoms with Crippen molar-refractivity contribution in [2.45, 2.75) is 51.7 Å². The molecule has 0 spiro atoms. The molecular weight excluding hydrogens is 280 g/mol. The van der Waals surface area contributed by atoms with Crippen molar-refractivity contribution in [3.8, 4) is 0 Å². The second kappa shape index (κ2) is 5.68. The Bertz CT molecular complexity index is 554. The van der Waals surface area contributed by atoms with Gasteiger partial charge in [0, 0.05) is 11.3 Å². The smallest absolute Gasteiger partial charge is 0.310 e. The van der Waals surface area contributed by atoms with Gasteiger partial charge in [-0.15, -0.1) is 0 Å². The predicted octanol–water partition coefficient (Wildman–Crippen LogP) is 2.02. The summed E-state index contributed by atoms with van der Waals surface area (Å²) in [6.07, 6.45) is 0.623. The summed E-state index contributed by atoms with van der Waals surface area (Å²) in [6.45, 7) is 6.49. The number of sulfone groups is 1. The minimum atomic E-state index is -3.87. The van der Waals surface area contributed by atoms with E-state index in [4.69, 9.17) is 0 Å². The molecule has 2 atom stereocenters. The average Bonchev–Trinajstić information content (AvgIpc) is 2.67. The fourth-order valence-electron chi connectivity index (χ4n) is 2.88. The Balaban J connectivity index is 3.50. The van der Waals surface area contributed by atoms with Crippen LogP contribution < -0.4 is 0 Å². The summed E-state index contributed by atoms with van der Waals surface area (Å²) in [7, 11) is -2.67. The first-order chi connectivity index (χ1) is 9.14. The molecule has 1 aliphatic rings. The van der Waals surface area contributed by atoms with E-state index in [0.29, 0.717) is 12.0 Å². The molecule has 0 aromatic carbocycles. The van der Waals surface area contributed by atoms with Crippen LogP contribution in [0.15, 0.2) is 10.5 Å². The molecule has 0 saturated heterocycles. The number of Topliss-reactive ketones (excluding diaryl/α,β-unsaturated/α-hetero) is 1. The van der Waals surface area contributed by atoms with Crippen molar-refractivity contribution < 1.29 is 22.7 Å². The summed E-state index contributed by atoms with van der Waals surface area (Å²) in [4.78, 5) is 24.3. The van der Waals surface area contributed by atoms with E-state index in [9.17, 15) is 18.0 Å². The topological polar surface area (TPSA) is 77.5 Å². The van der Waals surface area contributed by atoms with Crippen molar-refractivity contribution in [1.82, 2.24) is 0 Å². The average molecular weight is 302 g/mol. The first-order valence-electron chi connectivity index (χ1n) is 6.66. The lowest BCUT2D eigenvalue weighted by atomic mass is 9.96. The lowest BCUT2D eigenvalue weighted by Crippen LogP contribution is -2.48. The van der Waals surface area contributed by atoms with E-state index >= 15 is 0 Å². The van der Waals surface area contributed by atoms with Crippen LogP contribution in [-0.4, -0.2) is 32.0 Å². The molecule has 1 fully saturated rings. The highest BCUT2D eigenvalue weighted by atomic mass is 32.2. The monoisotopic (exact) mass is 302 g/mol. The summed E-state index contributed by atoms with van der Waals surface area (Å²) in [6, 6.07) is 0. The fraction of sp³-hybridized carbons (Fsp3) is 0.714. The molecule has 0 aromatic rings. The number of allylic oxidation sites excluding steroid dienone is 2. The van der Waals surface area contributed by atoms with Crippen molar-refractivity contribution in [2.24, 2.45) is 5.92 Å². The van der Waals surface area contributed by atoms with Gasteiger partial charge < -0.3 is 4.74 Å². The van der Waals surface area contributed by atoms with Crippen molar-refractivity contribution in [3.05, 3.63) is 10.5 Å². The van der Waals surface area contributed by atoms with E-state index in [1.165, 1.54) is 14.0 Å². The largest absolute Gasteiger partial charge is 0.469 e. The summed E-state index contributed by atoms with van der Waals surface area (Å²) in [5.74, 6) is -1.96. The van der Waals surface area contributed by atoms with Crippen molar-refractivity contribution >= 4 is 21.6 Å². The van der Waals surface area contributed by atoms with Gasteiger partial charge in [0.1, 0.15) is 4.75 Å². The molecule has 1 saturated carbocycles. The van der Waals surface area contributed by atoms with Crippen LogP contribution in [0.4, 0.5) is 0 Å². The van der Waals surface area contributed by atoms with Gasteiger partial charge >= 0.3 is 5.97 Å².